The summed E-state index contributed by atoms with van der Waals surface area (Å²) < 4.78 is 0. The van der Waals surface area contributed by atoms with Crippen LogP contribution in [0.3, 0.4) is 0 Å². The van der Waals surface area contributed by atoms with Gasteiger partial charge in [-0.1, -0.05) is 37.6 Å². The van der Waals surface area contributed by atoms with E-state index in [2.05, 4.69) is 24.5 Å². The van der Waals surface area contributed by atoms with Crippen LogP contribution >= 0.6 is 11.6 Å². The smallest absolute Gasteiger partial charge is 0.238 e. The summed E-state index contributed by atoms with van der Waals surface area (Å²) in [6.07, 6.45) is 0.947. The number of carbonyl (C=O) groups excluding carboxylic acids is 2. The van der Waals surface area contributed by atoms with Crippen LogP contribution in [-0.2, 0) is 9.59 Å². The van der Waals surface area contributed by atoms with Crippen molar-refractivity contribution in [2.24, 2.45) is 5.92 Å². The van der Waals surface area contributed by atoms with Gasteiger partial charge in [-0.3, -0.25) is 14.5 Å². The van der Waals surface area contributed by atoms with E-state index in [0.29, 0.717) is 23.2 Å². The van der Waals surface area contributed by atoms with Crippen LogP contribution in [-0.4, -0.2) is 43.4 Å². The molecule has 6 heteroatoms. The molecule has 0 atom stereocenters. The normalized spacial score (nSPS) is 10.8. The third kappa shape index (κ3) is 7.43. The molecule has 0 aliphatic heterocycles. The Labute approximate surface area is 137 Å². The lowest BCUT2D eigenvalue weighted by Gasteiger charge is -2.16. The van der Waals surface area contributed by atoms with Crippen molar-refractivity contribution in [3.8, 4) is 0 Å². The molecule has 0 aromatic heterocycles. The summed E-state index contributed by atoms with van der Waals surface area (Å²) in [5, 5.41) is 6.06. The number of benzene rings is 1. The van der Waals surface area contributed by atoms with Gasteiger partial charge in [0.1, 0.15) is 0 Å². The van der Waals surface area contributed by atoms with Crippen molar-refractivity contribution in [3.63, 3.8) is 0 Å². The van der Waals surface area contributed by atoms with Crippen LogP contribution in [0.1, 0.15) is 20.3 Å². The molecule has 0 spiro atoms. The van der Waals surface area contributed by atoms with Crippen LogP contribution in [0, 0.1) is 5.92 Å². The first-order valence-corrected chi connectivity index (χ1v) is 7.76. The van der Waals surface area contributed by atoms with Crippen LogP contribution < -0.4 is 10.6 Å². The SMILES string of the molecule is CC(C)CCNC(=O)CN(C)CC(=O)Nc1ccccc1Cl. The number of anilines is 1. The quantitative estimate of drug-likeness (QED) is 0.771. The Morgan fingerprint density at radius 3 is 2.45 bits per heavy atom. The molecular formula is C16H24ClN3O2. The van der Waals surface area contributed by atoms with Gasteiger partial charge in [0.05, 0.1) is 23.8 Å². The Kier molecular flexibility index (Phi) is 7.91. The number of para-hydroxylation sites is 1. The maximum Gasteiger partial charge on any atom is 0.238 e. The fourth-order valence-corrected chi connectivity index (χ4v) is 2.04. The highest BCUT2D eigenvalue weighted by Gasteiger charge is 2.11. The Morgan fingerprint density at radius 2 is 1.82 bits per heavy atom. The van der Waals surface area contributed by atoms with E-state index in [9.17, 15) is 9.59 Å². The first kappa shape index (κ1) is 18.5. The van der Waals surface area contributed by atoms with Crippen LogP contribution in [0.4, 0.5) is 5.69 Å². The van der Waals surface area contributed by atoms with E-state index in [1.165, 1.54) is 0 Å². The highest BCUT2D eigenvalue weighted by atomic mass is 35.5. The number of carbonyl (C=O) groups is 2. The predicted octanol–water partition coefficient (Wildman–Crippen LogP) is 2.37. The number of likely N-dealkylation sites (N-methyl/N-ethyl adjacent to an activating group) is 1. The van der Waals surface area contributed by atoms with E-state index in [1.54, 1.807) is 36.2 Å². The molecule has 1 rings (SSSR count). The Hall–Kier alpha value is -1.59. The van der Waals surface area contributed by atoms with E-state index in [1.807, 2.05) is 0 Å². The summed E-state index contributed by atoms with van der Waals surface area (Å²) in [7, 11) is 1.73. The predicted molar refractivity (Wildman–Crippen MR) is 90.0 cm³/mol. The average molecular weight is 326 g/mol. The third-order valence-electron chi connectivity index (χ3n) is 3.02. The van der Waals surface area contributed by atoms with Gasteiger partial charge in [-0.15, -0.1) is 0 Å². The van der Waals surface area contributed by atoms with Gasteiger partial charge in [-0.05, 0) is 31.5 Å². The van der Waals surface area contributed by atoms with Crippen LogP contribution in [0.15, 0.2) is 24.3 Å². The van der Waals surface area contributed by atoms with Crippen molar-refractivity contribution < 1.29 is 9.59 Å². The van der Waals surface area contributed by atoms with E-state index < -0.39 is 0 Å². The zero-order valence-electron chi connectivity index (χ0n) is 13.4. The maximum absolute atomic E-state index is 11.9. The van der Waals surface area contributed by atoms with Gasteiger partial charge >= 0.3 is 0 Å². The summed E-state index contributed by atoms with van der Waals surface area (Å²) in [4.78, 5) is 25.3. The second-order valence-corrected chi connectivity index (χ2v) is 6.14. The number of rotatable bonds is 8. The van der Waals surface area contributed by atoms with Crippen LogP contribution in [0.5, 0.6) is 0 Å². The minimum atomic E-state index is -0.203. The Bertz CT molecular complexity index is 506. The number of nitrogens with one attached hydrogen (secondary N) is 2. The Morgan fingerprint density at radius 1 is 1.18 bits per heavy atom. The first-order valence-electron chi connectivity index (χ1n) is 7.38. The molecule has 0 heterocycles. The first-order chi connectivity index (χ1) is 10.4. The van der Waals surface area contributed by atoms with Crippen molar-refractivity contribution >= 4 is 29.1 Å². The number of hydrogen-bond acceptors (Lipinski definition) is 3. The van der Waals surface area contributed by atoms with Crippen molar-refractivity contribution in [3.05, 3.63) is 29.3 Å². The largest absolute Gasteiger partial charge is 0.355 e. The average Bonchev–Trinajstić information content (AvgIpc) is 2.40. The topological polar surface area (TPSA) is 61.4 Å². The molecule has 0 saturated heterocycles. The second kappa shape index (κ2) is 9.43. The third-order valence-corrected chi connectivity index (χ3v) is 3.35. The van der Waals surface area contributed by atoms with E-state index >= 15 is 0 Å². The molecule has 22 heavy (non-hydrogen) atoms. The van der Waals surface area contributed by atoms with Crippen molar-refractivity contribution in [1.82, 2.24) is 10.2 Å². The number of halogens is 1. The highest BCUT2D eigenvalue weighted by molar-refractivity contribution is 6.33. The molecule has 0 bridgehead atoms. The van der Waals surface area contributed by atoms with Crippen LogP contribution in [0.2, 0.25) is 5.02 Å². The lowest BCUT2D eigenvalue weighted by atomic mass is 10.1. The molecule has 0 aliphatic carbocycles. The molecule has 2 amide bonds. The molecule has 2 N–H and O–H groups in total. The zero-order chi connectivity index (χ0) is 16.5. The molecule has 1 aromatic rings. The Balaban J connectivity index is 2.32. The maximum atomic E-state index is 11.9. The lowest BCUT2D eigenvalue weighted by molar-refractivity contribution is -0.122. The molecule has 0 unspecified atom stereocenters. The van der Waals surface area contributed by atoms with Gasteiger partial charge in [0.25, 0.3) is 0 Å². The molecule has 0 aliphatic rings. The minimum absolute atomic E-state index is 0.0753. The molecular weight excluding hydrogens is 302 g/mol. The lowest BCUT2D eigenvalue weighted by Crippen LogP contribution is -2.39. The summed E-state index contributed by atoms with van der Waals surface area (Å²) in [6, 6.07) is 7.04. The van der Waals surface area contributed by atoms with Gasteiger partial charge in [-0.25, -0.2) is 0 Å². The number of hydrogen-bond donors (Lipinski definition) is 2. The van der Waals surface area contributed by atoms with Crippen LogP contribution in [0.25, 0.3) is 0 Å². The molecule has 1 aromatic carbocycles. The summed E-state index contributed by atoms with van der Waals surface area (Å²) in [5.41, 5.74) is 0.573. The molecule has 0 saturated carbocycles. The minimum Gasteiger partial charge on any atom is -0.355 e. The van der Waals surface area contributed by atoms with E-state index in [0.717, 1.165) is 6.42 Å². The fourth-order valence-electron chi connectivity index (χ4n) is 1.85. The molecule has 0 fully saturated rings. The standard InChI is InChI=1S/C16H24ClN3O2/c1-12(2)8-9-18-15(21)10-20(3)11-16(22)19-14-7-5-4-6-13(14)17/h4-7,12H,8-11H2,1-3H3,(H,18,21)(H,19,22). The molecule has 0 radical (unpaired) electrons. The summed E-state index contributed by atoms with van der Waals surface area (Å²) in [6.45, 7) is 5.20. The zero-order valence-corrected chi connectivity index (χ0v) is 14.1. The molecule has 5 nitrogen and oxygen atoms in total. The van der Waals surface area contributed by atoms with Crippen molar-refractivity contribution in [2.45, 2.75) is 20.3 Å². The highest BCUT2D eigenvalue weighted by Crippen LogP contribution is 2.20. The number of nitrogens with zero attached hydrogens (tertiary/aromatic N) is 1. The second-order valence-electron chi connectivity index (χ2n) is 5.73. The monoisotopic (exact) mass is 325 g/mol. The van der Waals surface area contributed by atoms with Gasteiger partial charge in [0.2, 0.25) is 11.8 Å². The summed E-state index contributed by atoms with van der Waals surface area (Å²) in [5.74, 6) is 0.277. The molecule has 122 valence electrons. The number of amides is 2. The fraction of sp³-hybridized carbons (Fsp3) is 0.500. The summed E-state index contributed by atoms with van der Waals surface area (Å²) >= 11 is 5.98. The van der Waals surface area contributed by atoms with E-state index in [-0.39, 0.29) is 24.9 Å². The van der Waals surface area contributed by atoms with Gasteiger partial charge in [0.15, 0.2) is 0 Å². The van der Waals surface area contributed by atoms with Crippen molar-refractivity contribution in [1.29, 1.82) is 0 Å². The van der Waals surface area contributed by atoms with E-state index in [4.69, 9.17) is 11.6 Å². The van der Waals surface area contributed by atoms with Crippen molar-refractivity contribution in [2.75, 3.05) is 32.0 Å². The van der Waals surface area contributed by atoms with Gasteiger partial charge in [-0.2, -0.15) is 0 Å². The van der Waals surface area contributed by atoms with Gasteiger partial charge < -0.3 is 10.6 Å². The van der Waals surface area contributed by atoms with Gasteiger partial charge in [0, 0.05) is 6.54 Å².